The molecule has 0 spiro atoms. The largest absolute Gasteiger partial charge is 0.469 e. The van der Waals surface area contributed by atoms with Crippen LogP contribution in [-0.2, 0) is 19.4 Å². The summed E-state index contributed by atoms with van der Waals surface area (Å²) in [5.74, 6) is 1.12. The van der Waals surface area contributed by atoms with Crippen molar-refractivity contribution in [1.29, 1.82) is 0 Å². The number of carbonyl (C=O) groups excluding carboxylic acids is 1. The van der Waals surface area contributed by atoms with Crippen molar-refractivity contribution in [3.8, 4) is 0 Å². The monoisotopic (exact) mass is 406 g/mol. The molecule has 5 atom stereocenters. The maximum atomic E-state index is 13.4. The van der Waals surface area contributed by atoms with Crippen LogP contribution >= 0.6 is 0 Å². The number of rotatable bonds is 7. The molecule has 5 heteroatoms. The zero-order valence-corrected chi connectivity index (χ0v) is 18.2. The van der Waals surface area contributed by atoms with Crippen molar-refractivity contribution in [1.82, 2.24) is 0 Å². The second kappa shape index (κ2) is 8.56. The molecule has 2 fully saturated rings. The molecule has 0 radical (unpaired) electrons. The van der Waals surface area contributed by atoms with Crippen LogP contribution in [0.3, 0.4) is 0 Å². The Morgan fingerprint density at radius 3 is 2.61 bits per heavy atom. The number of ether oxygens (including phenoxy) is 1. The van der Waals surface area contributed by atoms with Crippen molar-refractivity contribution in [2.75, 3.05) is 7.11 Å². The van der Waals surface area contributed by atoms with Crippen LogP contribution in [0.5, 0.6) is 0 Å². The third-order valence-corrected chi connectivity index (χ3v) is 9.85. The molecule has 4 nitrogen and oxygen atoms in total. The fraction of sp³-hybridized carbons (Fsp3) is 0.696. The van der Waals surface area contributed by atoms with Crippen LogP contribution in [0.2, 0.25) is 0 Å². The zero-order valence-electron chi connectivity index (χ0n) is 17.4. The predicted molar refractivity (Wildman–Crippen MR) is 111 cm³/mol. The Kier molecular flexibility index (Phi) is 6.53. The highest BCUT2D eigenvalue weighted by Crippen LogP contribution is 2.59. The molecular weight excluding hydrogens is 372 g/mol. The van der Waals surface area contributed by atoms with Crippen molar-refractivity contribution in [3.05, 3.63) is 30.3 Å². The van der Waals surface area contributed by atoms with E-state index in [2.05, 4.69) is 13.8 Å². The van der Waals surface area contributed by atoms with Crippen LogP contribution in [0.4, 0.5) is 0 Å². The average Bonchev–Trinajstić information content (AvgIpc) is 3.05. The summed E-state index contributed by atoms with van der Waals surface area (Å²) in [6.07, 6.45) is 7.29. The van der Waals surface area contributed by atoms with Crippen LogP contribution in [-0.4, -0.2) is 26.7 Å². The molecule has 28 heavy (non-hydrogen) atoms. The Bertz CT molecular complexity index is 773. The Labute approximate surface area is 170 Å². The molecule has 2 aliphatic rings. The lowest BCUT2D eigenvalue weighted by Gasteiger charge is -2.46. The van der Waals surface area contributed by atoms with Gasteiger partial charge >= 0.3 is 5.97 Å². The first-order valence-corrected chi connectivity index (χ1v) is 12.2. The first-order valence-electron chi connectivity index (χ1n) is 10.7. The van der Waals surface area contributed by atoms with E-state index in [0.29, 0.717) is 23.2 Å². The molecule has 1 aromatic carbocycles. The maximum Gasteiger partial charge on any atom is 0.305 e. The summed E-state index contributed by atoms with van der Waals surface area (Å²) < 4.78 is 31.5. The normalized spacial score (nSPS) is 31.2. The van der Waals surface area contributed by atoms with Gasteiger partial charge in [0.25, 0.3) is 0 Å². The molecule has 2 saturated carbocycles. The minimum absolute atomic E-state index is 0.0788. The summed E-state index contributed by atoms with van der Waals surface area (Å²) in [6.45, 7) is 4.61. The van der Waals surface area contributed by atoms with Crippen molar-refractivity contribution < 1.29 is 17.9 Å². The van der Waals surface area contributed by atoms with E-state index < -0.39 is 9.84 Å². The number of hydrogen-bond acceptors (Lipinski definition) is 4. The summed E-state index contributed by atoms with van der Waals surface area (Å²) in [4.78, 5) is 11.9. The number of esters is 1. The predicted octanol–water partition coefficient (Wildman–Crippen LogP) is 5.02. The minimum atomic E-state index is -3.30. The third kappa shape index (κ3) is 4.00. The van der Waals surface area contributed by atoms with Gasteiger partial charge in [-0.2, -0.15) is 0 Å². The standard InChI is InChI=1S/C23H34O4S/c1-17(9-7-13-22(24)27-3)19-14-15-20-21(12-8-16-23(19,20)2)28(25,26)18-10-5-4-6-11-18/h4-6,10-11,17,19-21H,7-9,12-16H2,1-3H3/t17-,19-,20+,21-,23-/m0/s1. The van der Waals surface area contributed by atoms with E-state index in [4.69, 9.17) is 4.74 Å². The Morgan fingerprint density at radius 1 is 1.21 bits per heavy atom. The molecule has 0 unspecified atom stereocenters. The van der Waals surface area contributed by atoms with Crippen LogP contribution in [0.15, 0.2) is 35.2 Å². The molecule has 0 aliphatic heterocycles. The molecule has 0 bridgehead atoms. The van der Waals surface area contributed by atoms with E-state index in [1.807, 2.05) is 18.2 Å². The lowest BCUT2D eigenvalue weighted by molar-refractivity contribution is -0.140. The van der Waals surface area contributed by atoms with Gasteiger partial charge in [0.05, 0.1) is 17.3 Å². The van der Waals surface area contributed by atoms with Gasteiger partial charge in [0.2, 0.25) is 0 Å². The van der Waals surface area contributed by atoms with Gasteiger partial charge in [-0.1, -0.05) is 38.5 Å². The van der Waals surface area contributed by atoms with Crippen LogP contribution < -0.4 is 0 Å². The minimum Gasteiger partial charge on any atom is -0.469 e. The molecule has 3 rings (SSSR count). The number of sulfone groups is 1. The highest BCUT2D eigenvalue weighted by molar-refractivity contribution is 7.92. The number of hydrogen-bond donors (Lipinski definition) is 0. The second-order valence-electron chi connectivity index (χ2n) is 9.03. The quantitative estimate of drug-likeness (QED) is 0.596. The summed E-state index contributed by atoms with van der Waals surface area (Å²) in [7, 11) is -1.86. The zero-order chi connectivity index (χ0) is 20.4. The van der Waals surface area contributed by atoms with Gasteiger partial charge in [-0.05, 0) is 73.8 Å². The molecule has 2 aliphatic carbocycles. The Morgan fingerprint density at radius 2 is 1.93 bits per heavy atom. The van der Waals surface area contributed by atoms with E-state index in [1.54, 1.807) is 12.1 Å². The van der Waals surface area contributed by atoms with Crippen LogP contribution in [0, 0.1) is 23.2 Å². The fourth-order valence-electron chi connectivity index (χ4n) is 6.12. The fourth-order valence-corrected chi connectivity index (χ4v) is 8.37. The highest BCUT2D eigenvalue weighted by Gasteiger charge is 2.55. The Hall–Kier alpha value is -1.36. The number of benzene rings is 1. The lowest BCUT2D eigenvalue weighted by Crippen LogP contribution is -2.44. The maximum absolute atomic E-state index is 13.4. The summed E-state index contributed by atoms with van der Waals surface area (Å²) in [5.41, 5.74) is 0.0788. The molecule has 0 heterocycles. The average molecular weight is 407 g/mol. The molecule has 1 aromatic rings. The number of carbonyl (C=O) groups is 1. The third-order valence-electron chi connectivity index (χ3n) is 7.56. The number of methoxy groups -OCH3 is 1. The molecule has 0 N–H and O–H groups in total. The summed E-state index contributed by atoms with van der Waals surface area (Å²) in [6, 6.07) is 8.98. The van der Waals surface area contributed by atoms with Crippen molar-refractivity contribution in [3.63, 3.8) is 0 Å². The van der Waals surface area contributed by atoms with Crippen molar-refractivity contribution >= 4 is 15.8 Å². The first-order chi connectivity index (χ1) is 13.3. The molecule has 0 aromatic heterocycles. The molecule has 0 saturated heterocycles. The van der Waals surface area contributed by atoms with E-state index in [9.17, 15) is 13.2 Å². The van der Waals surface area contributed by atoms with Gasteiger partial charge < -0.3 is 4.74 Å². The van der Waals surface area contributed by atoms with Gasteiger partial charge in [-0.25, -0.2) is 8.42 Å². The van der Waals surface area contributed by atoms with Gasteiger partial charge in [-0.3, -0.25) is 4.79 Å². The van der Waals surface area contributed by atoms with Crippen molar-refractivity contribution in [2.45, 2.75) is 75.4 Å². The topological polar surface area (TPSA) is 60.4 Å². The van der Waals surface area contributed by atoms with E-state index in [0.717, 1.165) is 44.9 Å². The first kappa shape index (κ1) is 21.4. The SMILES string of the molecule is COC(=O)CCC[C@H](C)[C@@H]1CC[C@@H]2[C@@H](S(=O)(=O)c3ccccc3)CCC[C@]21C. The van der Waals surface area contributed by atoms with E-state index in [-0.39, 0.29) is 22.6 Å². The second-order valence-corrected chi connectivity index (χ2v) is 11.2. The molecular formula is C23H34O4S. The summed E-state index contributed by atoms with van der Waals surface area (Å²) in [5, 5.41) is -0.263. The van der Waals surface area contributed by atoms with E-state index >= 15 is 0 Å². The number of fused-ring (bicyclic) bond motifs is 1. The van der Waals surface area contributed by atoms with E-state index in [1.165, 1.54) is 7.11 Å². The van der Waals surface area contributed by atoms with Gasteiger partial charge in [0, 0.05) is 6.42 Å². The Balaban J connectivity index is 1.75. The van der Waals surface area contributed by atoms with Gasteiger partial charge in [-0.15, -0.1) is 0 Å². The molecule has 156 valence electrons. The lowest BCUT2D eigenvalue weighted by atomic mass is 9.62. The van der Waals surface area contributed by atoms with Gasteiger partial charge in [0.15, 0.2) is 9.84 Å². The highest BCUT2D eigenvalue weighted by atomic mass is 32.2. The summed E-state index contributed by atoms with van der Waals surface area (Å²) >= 11 is 0. The van der Waals surface area contributed by atoms with Gasteiger partial charge in [0.1, 0.15) is 0 Å². The van der Waals surface area contributed by atoms with Crippen LogP contribution in [0.25, 0.3) is 0 Å². The van der Waals surface area contributed by atoms with Crippen LogP contribution in [0.1, 0.15) is 65.2 Å². The van der Waals surface area contributed by atoms with Crippen molar-refractivity contribution in [2.24, 2.45) is 23.2 Å². The smallest absolute Gasteiger partial charge is 0.305 e. The molecule has 0 amide bonds.